The minimum Gasteiger partial charge on any atom is -0.454 e. The molecule has 2 aliphatic heterocycles. The van der Waals surface area contributed by atoms with E-state index in [1.54, 1.807) is 29.1 Å². The van der Waals surface area contributed by atoms with Gasteiger partial charge in [-0.1, -0.05) is 41.4 Å². The number of ether oxygens (including phenoxy) is 3. The van der Waals surface area contributed by atoms with Gasteiger partial charge < -0.3 is 18.8 Å². The summed E-state index contributed by atoms with van der Waals surface area (Å²) in [6, 6.07) is 9.05. The van der Waals surface area contributed by atoms with Gasteiger partial charge in [-0.15, -0.1) is 12.4 Å². The molecule has 0 N–H and O–H groups in total. The van der Waals surface area contributed by atoms with Gasteiger partial charge in [-0.05, 0) is 18.2 Å². The third kappa shape index (κ3) is 4.65. The van der Waals surface area contributed by atoms with Crippen LogP contribution in [0.15, 0.2) is 55.1 Å². The first-order chi connectivity index (χ1) is 15.1. The molecule has 10 heteroatoms. The summed E-state index contributed by atoms with van der Waals surface area (Å²) in [7, 11) is 0. The van der Waals surface area contributed by atoms with E-state index >= 15 is 0 Å². The maximum absolute atomic E-state index is 6.69. The number of hydrogen-bond donors (Lipinski definition) is 0. The normalized spacial score (nSPS) is 17.1. The molecule has 32 heavy (non-hydrogen) atoms. The molecular formula is C22H19Cl4N3O3. The van der Waals surface area contributed by atoms with Gasteiger partial charge in [-0.25, -0.2) is 4.98 Å². The summed E-state index contributed by atoms with van der Waals surface area (Å²) in [4.78, 5) is 4.11. The van der Waals surface area contributed by atoms with Crippen LogP contribution in [0.5, 0.6) is 11.5 Å². The van der Waals surface area contributed by atoms with Crippen molar-refractivity contribution in [1.29, 1.82) is 0 Å². The average Bonchev–Trinajstić information content (AvgIpc) is 3.43. The molecule has 2 aliphatic rings. The van der Waals surface area contributed by atoms with Crippen LogP contribution in [0.2, 0.25) is 10.0 Å². The summed E-state index contributed by atoms with van der Waals surface area (Å²) in [5.74, 6) is 1.41. The summed E-state index contributed by atoms with van der Waals surface area (Å²) in [6.45, 7) is 1.12. The van der Waals surface area contributed by atoms with E-state index in [1.165, 1.54) is 0 Å². The van der Waals surface area contributed by atoms with E-state index in [9.17, 15) is 0 Å². The molecule has 2 atom stereocenters. The molecule has 3 heterocycles. The van der Waals surface area contributed by atoms with Gasteiger partial charge in [-0.2, -0.15) is 0 Å². The highest BCUT2D eigenvalue weighted by Crippen LogP contribution is 2.42. The van der Waals surface area contributed by atoms with Gasteiger partial charge in [0.15, 0.2) is 11.5 Å². The molecule has 0 radical (unpaired) electrons. The monoisotopic (exact) mass is 513 g/mol. The van der Waals surface area contributed by atoms with E-state index in [0.29, 0.717) is 28.9 Å². The Bertz CT molecular complexity index is 1120. The van der Waals surface area contributed by atoms with E-state index in [-0.39, 0.29) is 31.3 Å². The second-order valence-corrected chi connectivity index (χ2v) is 8.46. The topological polar surface area (TPSA) is 48.8 Å². The van der Waals surface area contributed by atoms with E-state index in [0.717, 1.165) is 22.6 Å². The molecule has 2 unspecified atom stereocenters. The molecule has 3 aromatic rings. The third-order valence-electron chi connectivity index (χ3n) is 5.25. The van der Waals surface area contributed by atoms with Crippen LogP contribution in [-0.2, 0) is 11.3 Å². The Morgan fingerprint density at radius 3 is 2.72 bits per heavy atom. The molecule has 6 nitrogen and oxygen atoms in total. The second kappa shape index (κ2) is 9.81. The number of rotatable bonds is 6. The lowest BCUT2D eigenvalue weighted by Crippen LogP contribution is -2.33. The molecule has 0 bridgehead atoms. The molecule has 0 amide bonds. The Balaban J connectivity index is 0.00000245. The molecule has 0 saturated heterocycles. The molecule has 2 aromatic carbocycles. The van der Waals surface area contributed by atoms with Crippen LogP contribution < -0.4 is 13.9 Å². The van der Waals surface area contributed by atoms with Crippen molar-refractivity contribution in [3.05, 3.63) is 76.3 Å². The molecule has 5 rings (SSSR count). The molecular weight excluding hydrogens is 496 g/mol. The van der Waals surface area contributed by atoms with Crippen molar-refractivity contribution in [3.8, 4) is 11.5 Å². The minimum absolute atomic E-state index is 0. The van der Waals surface area contributed by atoms with E-state index < -0.39 is 0 Å². The zero-order valence-corrected chi connectivity index (χ0v) is 19.7. The summed E-state index contributed by atoms with van der Waals surface area (Å²) in [5, 5.41) is 1.13. The first kappa shape index (κ1) is 23.1. The summed E-state index contributed by atoms with van der Waals surface area (Å²) in [6.07, 6.45) is 9.07. The Kier molecular flexibility index (Phi) is 7.08. The van der Waals surface area contributed by atoms with Crippen LogP contribution >= 0.6 is 47.4 Å². The van der Waals surface area contributed by atoms with Crippen LogP contribution in [0, 0.1) is 0 Å². The van der Waals surface area contributed by atoms with Gasteiger partial charge in [0.25, 0.3) is 0 Å². The lowest BCUT2D eigenvalue weighted by Gasteiger charge is -2.31. The highest BCUT2D eigenvalue weighted by Gasteiger charge is 2.27. The molecule has 168 valence electrons. The van der Waals surface area contributed by atoms with Crippen molar-refractivity contribution in [2.24, 2.45) is 0 Å². The maximum Gasteiger partial charge on any atom is 0.231 e. The number of anilines is 1. The second-order valence-electron chi connectivity index (χ2n) is 7.25. The highest BCUT2D eigenvalue weighted by atomic mass is 35.5. The number of nitrogens with zero attached hydrogens (tertiary/aromatic N) is 3. The fraction of sp³-hybridized carbons (Fsp3) is 0.227. The summed E-state index contributed by atoms with van der Waals surface area (Å²) < 4.78 is 20.9. The van der Waals surface area contributed by atoms with Gasteiger partial charge >= 0.3 is 0 Å². The van der Waals surface area contributed by atoms with Crippen molar-refractivity contribution >= 4 is 59.1 Å². The number of benzene rings is 2. The van der Waals surface area contributed by atoms with Crippen molar-refractivity contribution in [1.82, 2.24) is 9.55 Å². The van der Waals surface area contributed by atoms with Gasteiger partial charge in [-0.3, -0.25) is 4.42 Å². The SMILES string of the molecule is Cl.Clc1ccc(C(Cn2ccnc2)OCC2C=Cc3cc4c(cc3N2Cl)OCO4)c(Cl)c1. The van der Waals surface area contributed by atoms with E-state index in [4.69, 9.17) is 49.2 Å². The van der Waals surface area contributed by atoms with Gasteiger partial charge in [0, 0.05) is 51.4 Å². The van der Waals surface area contributed by atoms with Crippen molar-refractivity contribution in [2.45, 2.75) is 18.7 Å². The molecule has 0 saturated carbocycles. The number of imidazole rings is 1. The first-order valence-corrected chi connectivity index (χ1v) is 10.8. The lowest BCUT2D eigenvalue weighted by atomic mass is 10.0. The van der Waals surface area contributed by atoms with Crippen molar-refractivity contribution in [2.75, 3.05) is 17.8 Å². The van der Waals surface area contributed by atoms with Gasteiger partial charge in [0.1, 0.15) is 6.10 Å². The van der Waals surface area contributed by atoms with Gasteiger partial charge in [0.05, 0.1) is 31.2 Å². The lowest BCUT2D eigenvalue weighted by molar-refractivity contribution is 0.0382. The molecule has 0 aliphatic carbocycles. The van der Waals surface area contributed by atoms with Crippen LogP contribution in [0.4, 0.5) is 5.69 Å². The molecule has 0 spiro atoms. The Labute approximate surface area is 206 Å². The van der Waals surface area contributed by atoms with Crippen LogP contribution in [0.25, 0.3) is 6.08 Å². The standard InChI is InChI=1S/C22H18Cl3N3O3.ClH/c23-15-2-4-17(18(24)8-15)22(10-27-6-5-26-12-27)29-11-16-3-1-14-7-20-21(31-13-30-20)9-19(14)28(16)25;/h1-9,12,16,22H,10-11,13H2;1H. The Morgan fingerprint density at radius 1 is 1.16 bits per heavy atom. The Hall–Kier alpha value is -2.09. The smallest absolute Gasteiger partial charge is 0.231 e. The fourth-order valence-corrected chi connectivity index (χ4v) is 4.46. The molecule has 0 fully saturated rings. The van der Waals surface area contributed by atoms with Crippen molar-refractivity contribution < 1.29 is 14.2 Å². The van der Waals surface area contributed by atoms with Crippen LogP contribution in [-0.4, -0.2) is 29.0 Å². The fourth-order valence-electron chi connectivity index (χ4n) is 3.66. The minimum atomic E-state index is -0.310. The highest BCUT2D eigenvalue weighted by molar-refractivity contribution is 6.35. The number of aromatic nitrogens is 2. The van der Waals surface area contributed by atoms with E-state index in [1.807, 2.05) is 41.1 Å². The quantitative estimate of drug-likeness (QED) is 0.369. The number of fused-ring (bicyclic) bond motifs is 2. The summed E-state index contributed by atoms with van der Waals surface area (Å²) >= 11 is 19.2. The van der Waals surface area contributed by atoms with Crippen LogP contribution in [0.1, 0.15) is 17.2 Å². The predicted octanol–water partition coefficient (Wildman–Crippen LogP) is 6.15. The zero-order valence-electron chi connectivity index (χ0n) is 16.7. The van der Waals surface area contributed by atoms with Gasteiger partial charge in [0.2, 0.25) is 6.79 Å². The largest absolute Gasteiger partial charge is 0.454 e. The van der Waals surface area contributed by atoms with E-state index in [2.05, 4.69) is 4.98 Å². The Morgan fingerprint density at radius 2 is 1.97 bits per heavy atom. The number of halogens is 4. The maximum atomic E-state index is 6.69. The summed E-state index contributed by atoms with van der Waals surface area (Å²) in [5.41, 5.74) is 2.66. The van der Waals surface area contributed by atoms with Crippen LogP contribution in [0.3, 0.4) is 0 Å². The zero-order chi connectivity index (χ0) is 21.4. The average molecular weight is 515 g/mol. The first-order valence-electron chi connectivity index (χ1n) is 9.67. The third-order valence-corrected chi connectivity index (χ3v) is 6.25. The number of hydrogen-bond acceptors (Lipinski definition) is 5. The van der Waals surface area contributed by atoms with Crippen molar-refractivity contribution in [3.63, 3.8) is 0 Å². The molecule has 1 aromatic heterocycles. The predicted molar refractivity (Wildman–Crippen MR) is 128 cm³/mol.